The minimum Gasteiger partial charge on any atom is -0.444 e. The maximum absolute atomic E-state index is 12.1. The van der Waals surface area contributed by atoms with Gasteiger partial charge in [-0.25, -0.2) is 4.79 Å². The monoisotopic (exact) mass is 286 g/mol. The standard InChI is InChI=1S/C17H22N2O2/c1-5-10-18-15-8-6-7-13-12-19(11-9-14(13)15)16(20)21-17(2,3)4/h1,6-8,18H,9-12H2,2-4H3. The van der Waals surface area contributed by atoms with Crippen molar-refractivity contribution in [3.8, 4) is 12.3 Å². The highest BCUT2D eigenvalue weighted by Crippen LogP contribution is 2.27. The van der Waals surface area contributed by atoms with Crippen LogP contribution in [0.3, 0.4) is 0 Å². The van der Waals surface area contributed by atoms with Crippen LogP contribution in [0.2, 0.25) is 0 Å². The number of ether oxygens (including phenoxy) is 1. The average Bonchev–Trinajstić information content (AvgIpc) is 2.42. The summed E-state index contributed by atoms with van der Waals surface area (Å²) in [6.07, 6.45) is 5.84. The molecule has 0 saturated heterocycles. The second kappa shape index (κ2) is 6.09. The van der Waals surface area contributed by atoms with Crippen LogP contribution in [-0.4, -0.2) is 29.7 Å². The minimum atomic E-state index is -0.465. The number of amides is 1. The molecular weight excluding hydrogens is 264 g/mol. The summed E-state index contributed by atoms with van der Waals surface area (Å²) in [5, 5.41) is 3.23. The van der Waals surface area contributed by atoms with Crippen molar-refractivity contribution in [2.24, 2.45) is 0 Å². The molecule has 0 atom stereocenters. The number of nitrogens with one attached hydrogen (secondary N) is 1. The first kappa shape index (κ1) is 15.2. The fraction of sp³-hybridized carbons (Fsp3) is 0.471. The Morgan fingerprint density at radius 1 is 1.48 bits per heavy atom. The third-order valence-electron chi connectivity index (χ3n) is 3.30. The topological polar surface area (TPSA) is 41.6 Å². The van der Waals surface area contributed by atoms with E-state index in [2.05, 4.69) is 11.2 Å². The lowest BCUT2D eigenvalue weighted by Gasteiger charge is -2.32. The van der Waals surface area contributed by atoms with Gasteiger partial charge in [0.1, 0.15) is 5.60 Å². The molecule has 1 heterocycles. The van der Waals surface area contributed by atoms with E-state index in [1.165, 1.54) is 5.56 Å². The Morgan fingerprint density at radius 2 is 2.24 bits per heavy atom. The highest BCUT2D eigenvalue weighted by Gasteiger charge is 2.26. The lowest BCUT2D eigenvalue weighted by molar-refractivity contribution is 0.0224. The third kappa shape index (κ3) is 3.91. The number of benzene rings is 1. The Labute approximate surface area is 126 Å². The van der Waals surface area contributed by atoms with Crippen LogP contribution in [0.15, 0.2) is 18.2 Å². The fourth-order valence-electron chi connectivity index (χ4n) is 2.40. The molecular formula is C17H22N2O2. The molecule has 4 heteroatoms. The molecule has 1 aliphatic rings. The zero-order chi connectivity index (χ0) is 15.5. The Kier molecular flexibility index (Phi) is 4.42. The van der Waals surface area contributed by atoms with E-state index >= 15 is 0 Å². The largest absolute Gasteiger partial charge is 0.444 e. The number of hydrogen-bond donors (Lipinski definition) is 1. The van der Waals surface area contributed by atoms with E-state index in [0.29, 0.717) is 19.6 Å². The van der Waals surface area contributed by atoms with Crippen LogP contribution in [-0.2, 0) is 17.7 Å². The molecule has 0 bridgehead atoms. The second-order valence-electron chi connectivity index (χ2n) is 6.15. The van der Waals surface area contributed by atoms with Gasteiger partial charge in [-0.15, -0.1) is 6.42 Å². The Morgan fingerprint density at radius 3 is 2.90 bits per heavy atom. The van der Waals surface area contributed by atoms with Gasteiger partial charge in [-0.2, -0.15) is 0 Å². The molecule has 21 heavy (non-hydrogen) atoms. The molecule has 4 nitrogen and oxygen atoms in total. The molecule has 0 fully saturated rings. The van der Waals surface area contributed by atoms with Gasteiger partial charge >= 0.3 is 6.09 Å². The SMILES string of the molecule is C#CCNc1cccc2c1CCN(C(=O)OC(C)(C)C)C2. The summed E-state index contributed by atoms with van der Waals surface area (Å²) in [6.45, 7) is 7.39. The van der Waals surface area contributed by atoms with Crippen molar-refractivity contribution in [2.75, 3.05) is 18.4 Å². The molecule has 0 unspecified atom stereocenters. The summed E-state index contributed by atoms with van der Waals surface area (Å²) in [6, 6.07) is 6.06. The van der Waals surface area contributed by atoms with Crippen LogP contribution in [0.4, 0.5) is 10.5 Å². The zero-order valence-electron chi connectivity index (χ0n) is 12.9. The summed E-state index contributed by atoms with van der Waals surface area (Å²) < 4.78 is 5.43. The summed E-state index contributed by atoms with van der Waals surface area (Å²) in [5.41, 5.74) is 2.99. The van der Waals surface area contributed by atoms with E-state index in [4.69, 9.17) is 11.2 Å². The van der Waals surface area contributed by atoms with Crippen molar-refractivity contribution in [1.29, 1.82) is 0 Å². The van der Waals surface area contributed by atoms with Gasteiger partial charge in [-0.05, 0) is 44.4 Å². The van der Waals surface area contributed by atoms with E-state index < -0.39 is 5.60 Å². The highest BCUT2D eigenvalue weighted by atomic mass is 16.6. The molecule has 1 amide bonds. The number of carbonyl (C=O) groups is 1. The number of fused-ring (bicyclic) bond motifs is 1. The second-order valence-corrected chi connectivity index (χ2v) is 6.15. The zero-order valence-corrected chi connectivity index (χ0v) is 12.9. The van der Waals surface area contributed by atoms with Crippen LogP contribution in [0.5, 0.6) is 0 Å². The van der Waals surface area contributed by atoms with E-state index in [9.17, 15) is 4.79 Å². The third-order valence-corrected chi connectivity index (χ3v) is 3.30. The first-order valence-corrected chi connectivity index (χ1v) is 7.17. The van der Waals surface area contributed by atoms with Gasteiger partial charge < -0.3 is 15.0 Å². The first-order chi connectivity index (χ1) is 9.90. The van der Waals surface area contributed by atoms with Gasteiger partial charge in [0, 0.05) is 18.8 Å². The summed E-state index contributed by atoms with van der Waals surface area (Å²) >= 11 is 0. The number of hydrogen-bond acceptors (Lipinski definition) is 3. The molecule has 0 saturated carbocycles. The molecule has 112 valence electrons. The van der Waals surface area contributed by atoms with E-state index in [0.717, 1.165) is 17.7 Å². The van der Waals surface area contributed by atoms with Gasteiger partial charge in [0.15, 0.2) is 0 Å². The van der Waals surface area contributed by atoms with Gasteiger partial charge in [-0.3, -0.25) is 0 Å². The average molecular weight is 286 g/mol. The van der Waals surface area contributed by atoms with Crippen LogP contribution in [0.25, 0.3) is 0 Å². The van der Waals surface area contributed by atoms with E-state index in [-0.39, 0.29) is 6.09 Å². The summed E-state index contributed by atoms with van der Waals surface area (Å²) in [7, 11) is 0. The molecule has 0 spiro atoms. The van der Waals surface area contributed by atoms with Gasteiger partial charge in [0.05, 0.1) is 6.54 Å². The number of anilines is 1. The molecule has 1 N–H and O–H groups in total. The van der Waals surface area contributed by atoms with Crippen molar-refractivity contribution < 1.29 is 9.53 Å². The maximum Gasteiger partial charge on any atom is 0.410 e. The number of nitrogens with zero attached hydrogens (tertiary/aromatic N) is 1. The maximum atomic E-state index is 12.1. The molecule has 0 aliphatic carbocycles. The minimum absolute atomic E-state index is 0.255. The molecule has 1 aromatic rings. The van der Waals surface area contributed by atoms with Gasteiger partial charge in [0.25, 0.3) is 0 Å². The molecule has 1 aliphatic heterocycles. The molecule has 1 aromatic carbocycles. The quantitative estimate of drug-likeness (QED) is 0.850. The fourth-order valence-corrected chi connectivity index (χ4v) is 2.40. The van der Waals surface area contributed by atoms with Crippen molar-refractivity contribution in [1.82, 2.24) is 4.90 Å². The van der Waals surface area contributed by atoms with Crippen LogP contribution >= 0.6 is 0 Å². The molecule has 0 radical (unpaired) electrons. The lowest BCUT2D eigenvalue weighted by Crippen LogP contribution is -2.40. The predicted molar refractivity (Wildman–Crippen MR) is 84.1 cm³/mol. The lowest BCUT2D eigenvalue weighted by atomic mass is 9.98. The van der Waals surface area contributed by atoms with Crippen LogP contribution in [0, 0.1) is 12.3 Å². The van der Waals surface area contributed by atoms with Gasteiger partial charge in [0.2, 0.25) is 0 Å². The van der Waals surface area contributed by atoms with Crippen molar-refractivity contribution >= 4 is 11.8 Å². The number of rotatable bonds is 2. The summed E-state index contributed by atoms with van der Waals surface area (Å²) in [5.74, 6) is 2.58. The molecule has 0 aromatic heterocycles. The normalized spacial score (nSPS) is 14.1. The number of terminal acetylenes is 1. The Bertz CT molecular complexity index is 567. The predicted octanol–water partition coefficient (Wildman–Crippen LogP) is 3.02. The molecule has 2 rings (SSSR count). The van der Waals surface area contributed by atoms with Crippen molar-refractivity contribution in [3.63, 3.8) is 0 Å². The summed E-state index contributed by atoms with van der Waals surface area (Å²) in [4.78, 5) is 13.9. The highest BCUT2D eigenvalue weighted by molar-refractivity contribution is 5.69. The Hall–Kier alpha value is -2.15. The first-order valence-electron chi connectivity index (χ1n) is 7.17. The number of carbonyl (C=O) groups excluding carboxylic acids is 1. The smallest absolute Gasteiger partial charge is 0.410 e. The van der Waals surface area contributed by atoms with Crippen LogP contribution in [0.1, 0.15) is 31.9 Å². The van der Waals surface area contributed by atoms with Crippen molar-refractivity contribution in [3.05, 3.63) is 29.3 Å². The van der Waals surface area contributed by atoms with Gasteiger partial charge in [-0.1, -0.05) is 18.1 Å². The van der Waals surface area contributed by atoms with E-state index in [1.54, 1.807) is 4.90 Å². The van der Waals surface area contributed by atoms with Crippen LogP contribution < -0.4 is 5.32 Å². The van der Waals surface area contributed by atoms with E-state index in [1.807, 2.05) is 39.0 Å². The van der Waals surface area contributed by atoms with Crippen molar-refractivity contribution in [2.45, 2.75) is 39.3 Å². The Balaban J connectivity index is 2.11.